The second-order valence-corrected chi connectivity index (χ2v) is 6.07. The molecule has 1 aromatic rings. The van der Waals surface area contributed by atoms with Crippen molar-refractivity contribution in [2.75, 3.05) is 32.8 Å². The van der Waals surface area contributed by atoms with E-state index in [0.29, 0.717) is 25.7 Å². The lowest BCUT2D eigenvalue weighted by Crippen LogP contribution is -2.42. The van der Waals surface area contributed by atoms with E-state index in [1.54, 1.807) is 0 Å². The van der Waals surface area contributed by atoms with Crippen molar-refractivity contribution in [2.24, 2.45) is 0 Å². The average Bonchev–Trinajstić information content (AvgIpc) is 3.12. The fourth-order valence-corrected chi connectivity index (χ4v) is 3.05. The second-order valence-electron chi connectivity index (χ2n) is 6.07. The van der Waals surface area contributed by atoms with Crippen LogP contribution in [0.3, 0.4) is 0 Å². The molecule has 134 valence electrons. The van der Waals surface area contributed by atoms with Crippen LogP contribution >= 0.6 is 0 Å². The van der Waals surface area contributed by atoms with Crippen molar-refractivity contribution >= 4 is 5.91 Å². The predicted octanol–water partition coefficient (Wildman–Crippen LogP) is 2.84. The standard InChI is InChI=1S/C19H30N2O3/c1-3-13-21(16-11-12-20-15-16)19(22)10-7-14-24-18-9-6-5-8-17(18)23-4-2/h5-6,8-9,16,20H,3-4,7,10-15H2,1-2H3. The molecule has 0 aromatic heterocycles. The number of benzene rings is 1. The first-order chi connectivity index (χ1) is 11.8. The van der Waals surface area contributed by atoms with Crippen molar-refractivity contribution in [1.29, 1.82) is 0 Å². The molecule has 5 heteroatoms. The lowest BCUT2D eigenvalue weighted by molar-refractivity contribution is -0.133. The van der Waals surface area contributed by atoms with Gasteiger partial charge in [-0.15, -0.1) is 0 Å². The molecule has 2 rings (SSSR count). The monoisotopic (exact) mass is 334 g/mol. The molecule has 0 spiro atoms. The van der Waals surface area contributed by atoms with E-state index >= 15 is 0 Å². The van der Waals surface area contributed by atoms with E-state index in [2.05, 4.69) is 12.2 Å². The number of hydrogen-bond acceptors (Lipinski definition) is 4. The molecular formula is C19H30N2O3. The van der Waals surface area contributed by atoms with Gasteiger partial charge in [-0.1, -0.05) is 19.1 Å². The van der Waals surface area contributed by atoms with Gasteiger partial charge in [-0.25, -0.2) is 0 Å². The summed E-state index contributed by atoms with van der Waals surface area (Å²) in [4.78, 5) is 14.6. The normalized spacial score (nSPS) is 16.8. The molecular weight excluding hydrogens is 304 g/mol. The summed E-state index contributed by atoms with van der Waals surface area (Å²) in [6.07, 6.45) is 3.32. The maximum Gasteiger partial charge on any atom is 0.222 e. The minimum atomic E-state index is 0.243. The van der Waals surface area contributed by atoms with Gasteiger partial charge in [0.2, 0.25) is 5.91 Å². The molecule has 0 bridgehead atoms. The van der Waals surface area contributed by atoms with Gasteiger partial charge < -0.3 is 19.7 Å². The van der Waals surface area contributed by atoms with Crippen LogP contribution in [0, 0.1) is 0 Å². The summed E-state index contributed by atoms with van der Waals surface area (Å²) in [5, 5.41) is 3.34. The zero-order valence-corrected chi connectivity index (χ0v) is 14.9. The van der Waals surface area contributed by atoms with Crippen molar-refractivity contribution in [1.82, 2.24) is 10.2 Å². The Bertz CT molecular complexity index is 501. The highest BCUT2D eigenvalue weighted by Gasteiger charge is 2.25. The van der Waals surface area contributed by atoms with E-state index in [0.717, 1.165) is 50.4 Å². The zero-order chi connectivity index (χ0) is 17.2. The summed E-state index contributed by atoms with van der Waals surface area (Å²) in [6.45, 7) is 7.99. The molecule has 0 radical (unpaired) electrons. The fourth-order valence-electron chi connectivity index (χ4n) is 3.05. The summed E-state index contributed by atoms with van der Waals surface area (Å²) in [5.41, 5.74) is 0. The van der Waals surface area contributed by atoms with Crippen LogP contribution in [0.5, 0.6) is 11.5 Å². The van der Waals surface area contributed by atoms with Crippen LogP contribution in [0.4, 0.5) is 0 Å². The van der Waals surface area contributed by atoms with Crippen LogP contribution in [0.25, 0.3) is 0 Å². The van der Waals surface area contributed by atoms with E-state index in [9.17, 15) is 4.79 Å². The Morgan fingerprint density at radius 3 is 2.62 bits per heavy atom. The number of carbonyl (C=O) groups is 1. The van der Waals surface area contributed by atoms with E-state index < -0.39 is 0 Å². The van der Waals surface area contributed by atoms with Crippen molar-refractivity contribution in [2.45, 2.75) is 45.6 Å². The van der Waals surface area contributed by atoms with Crippen LogP contribution in [-0.2, 0) is 4.79 Å². The van der Waals surface area contributed by atoms with Crippen molar-refractivity contribution < 1.29 is 14.3 Å². The second kappa shape index (κ2) is 10.2. The van der Waals surface area contributed by atoms with Gasteiger partial charge in [0.15, 0.2) is 11.5 Å². The molecule has 1 aromatic carbocycles. The molecule has 0 aliphatic carbocycles. The van der Waals surface area contributed by atoms with Gasteiger partial charge in [0.1, 0.15) is 0 Å². The Kier molecular flexibility index (Phi) is 7.89. The summed E-state index contributed by atoms with van der Waals surface area (Å²) in [6, 6.07) is 8.02. The SMILES string of the molecule is CCCN(C(=O)CCCOc1ccccc1OCC)C1CCNC1. The molecule has 1 aliphatic heterocycles. The highest BCUT2D eigenvalue weighted by atomic mass is 16.5. The van der Waals surface area contributed by atoms with E-state index in [4.69, 9.17) is 9.47 Å². The van der Waals surface area contributed by atoms with Crippen LogP contribution in [0.2, 0.25) is 0 Å². The molecule has 1 atom stereocenters. The minimum Gasteiger partial charge on any atom is -0.490 e. The number of ether oxygens (including phenoxy) is 2. The largest absolute Gasteiger partial charge is 0.490 e. The lowest BCUT2D eigenvalue weighted by Gasteiger charge is -2.28. The molecule has 0 saturated carbocycles. The van der Waals surface area contributed by atoms with E-state index in [-0.39, 0.29) is 5.91 Å². The Labute approximate surface area is 145 Å². The highest BCUT2D eigenvalue weighted by Crippen LogP contribution is 2.26. The maximum atomic E-state index is 12.5. The predicted molar refractivity (Wildman–Crippen MR) is 95.6 cm³/mol. The van der Waals surface area contributed by atoms with Crippen LogP contribution in [-0.4, -0.2) is 49.7 Å². The average molecular weight is 334 g/mol. The van der Waals surface area contributed by atoms with E-state index in [1.165, 1.54) is 0 Å². The smallest absolute Gasteiger partial charge is 0.222 e. The fraction of sp³-hybridized carbons (Fsp3) is 0.632. The van der Waals surface area contributed by atoms with Crippen LogP contribution < -0.4 is 14.8 Å². The maximum absolute atomic E-state index is 12.5. The third-order valence-electron chi connectivity index (χ3n) is 4.20. The number of hydrogen-bond donors (Lipinski definition) is 1. The van der Waals surface area contributed by atoms with Gasteiger partial charge in [0.05, 0.1) is 13.2 Å². The lowest BCUT2D eigenvalue weighted by atomic mass is 10.1. The zero-order valence-electron chi connectivity index (χ0n) is 14.9. The molecule has 1 heterocycles. The van der Waals surface area contributed by atoms with E-state index in [1.807, 2.05) is 36.1 Å². The number of rotatable bonds is 10. The summed E-state index contributed by atoms with van der Waals surface area (Å²) in [5.74, 6) is 1.75. The van der Waals surface area contributed by atoms with Gasteiger partial charge in [-0.2, -0.15) is 0 Å². The molecule has 24 heavy (non-hydrogen) atoms. The number of carbonyl (C=O) groups excluding carboxylic acids is 1. The highest BCUT2D eigenvalue weighted by molar-refractivity contribution is 5.76. The molecule has 1 N–H and O–H groups in total. The Morgan fingerprint density at radius 2 is 2.00 bits per heavy atom. The van der Waals surface area contributed by atoms with Gasteiger partial charge >= 0.3 is 0 Å². The van der Waals surface area contributed by atoms with Crippen molar-refractivity contribution in [3.63, 3.8) is 0 Å². The van der Waals surface area contributed by atoms with Crippen molar-refractivity contribution in [3.05, 3.63) is 24.3 Å². The first-order valence-electron chi connectivity index (χ1n) is 9.11. The van der Waals surface area contributed by atoms with Crippen LogP contribution in [0.15, 0.2) is 24.3 Å². The number of amides is 1. The molecule has 1 saturated heterocycles. The third kappa shape index (κ3) is 5.41. The Hall–Kier alpha value is -1.75. The van der Waals surface area contributed by atoms with Gasteiger partial charge in [-0.3, -0.25) is 4.79 Å². The first kappa shape index (κ1) is 18.6. The quantitative estimate of drug-likeness (QED) is 0.669. The summed E-state index contributed by atoms with van der Waals surface area (Å²) < 4.78 is 11.3. The third-order valence-corrected chi connectivity index (χ3v) is 4.20. The minimum absolute atomic E-state index is 0.243. The topological polar surface area (TPSA) is 50.8 Å². The molecule has 1 unspecified atom stereocenters. The number of para-hydroxylation sites is 2. The van der Waals surface area contributed by atoms with Crippen molar-refractivity contribution in [3.8, 4) is 11.5 Å². The summed E-state index contributed by atoms with van der Waals surface area (Å²) >= 11 is 0. The molecule has 1 fully saturated rings. The first-order valence-corrected chi connectivity index (χ1v) is 9.11. The molecule has 5 nitrogen and oxygen atoms in total. The Balaban J connectivity index is 1.77. The number of nitrogens with zero attached hydrogens (tertiary/aromatic N) is 1. The molecule has 1 aliphatic rings. The van der Waals surface area contributed by atoms with Gasteiger partial charge in [0, 0.05) is 25.6 Å². The van der Waals surface area contributed by atoms with Gasteiger partial charge in [-0.05, 0) is 44.9 Å². The number of nitrogens with one attached hydrogen (secondary N) is 1. The van der Waals surface area contributed by atoms with Crippen LogP contribution in [0.1, 0.15) is 39.5 Å². The summed E-state index contributed by atoms with van der Waals surface area (Å²) in [7, 11) is 0. The van der Waals surface area contributed by atoms with Gasteiger partial charge in [0.25, 0.3) is 0 Å². The Morgan fingerprint density at radius 1 is 1.25 bits per heavy atom. The molecule has 1 amide bonds.